The largest absolute Gasteiger partial charge is 0.436 e. The van der Waals surface area contributed by atoms with Gasteiger partial charge in [-0.3, -0.25) is 9.59 Å². The van der Waals surface area contributed by atoms with Crippen molar-refractivity contribution in [2.45, 2.75) is 76.9 Å². The van der Waals surface area contributed by atoms with Crippen molar-refractivity contribution in [3.8, 4) is 0 Å². The van der Waals surface area contributed by atoms with E-state index in [1.807, 2.05) is 6.07 Å². The van der Waals surface area contributed by atoms with Crippen LogP contribution in [0.3, 0.4) is 0 Å². The van der Waals surface area contributed by atoms with Gasteiger partial charge in [0.05, 0.1) is 0 Å². The van der Waals surface area contributed by atoms with E-state index in [0.29, 0.717) is 42.9 Å². The lowest BCUT2D eigenvalue weighted by molar-refractivity contribution is -0.140. The Labute approximate surface area is 194 Å². The predicted molar refractivity (Wildman–Crippen MR) is 123 cm³/mol. The van der Waals surface area contributed by atoms with Crippen LogP contribution in [0.5, 0.6) is 0 Å². The summed E-state index contributed by atoms with van der Waals surface area (Å²) < 4.78 is 11.2. The molecule has 1 aromatic carbocycles. The van der Waals surface area contributed by atoms with E-state index in [0.717, 1.165) is 38.5 Å². The first-order valence-corrected chi connectivity index (χ1v) is 12.2. The first-order valence-electron chi connectivity index (χ1n) is 12.2. The standard InChI is InChI=1S/C25H33N3O5/c1-2-18(22(29)23-26-19-12-6-7-13-20(19)32-23)27-25(31)33-21(16-17-10-4-3-5-11-17)24(30)28-14-8-9-15-28/h6-7,12-13,17-18,21H,2-5,8-11,14-16H2,1H3,(H,27,31)/t18-,21-/m0/s1. The van der Waals surface area contributed by atoms with Crippen molar-refractivity contribution in [1.82, 2.24) is 15.2 Å². The number of rotatable bonds is 8. The molecule has 4 rings (SSSR count). The normalized spacial score (nSPS) is 18.8. The van der Waals surface area contributed by atoms with Crippen LogP contribution in [0.25, 0.3) is 11.1 Å². The van der Waals surface area contributed by atoms with E-state index in [-0.39, 0.29) is 11.8 Å². The zero-order valence-electron chi connectivity index (χ0n) is 19.3. The molecule has 1 saturated carbocycles. The Morgan fingerprint density at radius 2 is 1.85 bits per heavy atom. The minimum atomic E-state index is -0.845. The SMILES string of the molecule is CC[C@H](NC(=O)O[C@@H](CC1CCCCC1)C(=O)N1CCCC1)C(=O)c1nc2ccccc2o1. The molecule has 0 radical (unpaired) electrons. The number of nitrogens with zero attached hydrogens (tertiary/aromatic N) is 2. The molecule has 178 valence electrons. The van der Waals surface area contributed by atoms with Gasteiger partial charge in [0.15, 0.2) is 11.7 Å². The van der Waals surface area contributed by atoms with Gasteiger partial charge in [-0.1, -0.05) is 51.2 Å². The molecule has 2 aliphatic rings. The zero-order chi connectivity index (χ0) is 23.2. The molecule has 2 aromatic rings. The van der Waals surface area contributed by atoms with Gasteiger partial charge in [0.1, 0.15) is 11.6 Å². The van der Waals surface area contributed by atoms with Gasteiger partial charge in [0.25, 0.3) is 11.8 Å². The average molecular weight is 456 g/mol. The van der Waals surface area contributed by atoms with E-state index < -0.39 is 24.0 Å². The molecule has 0 unspecified atom stereocenters. The summed E-state index contributed by atoms with van der Waals surface area (Å²) in [4.78, 5) is 44.8. The second kappa shape index (κ2) is 10.8. The van der Waals surface area contributed by atoms with Gasteiger partial charge in [-0.05, 0) is 43.7 Å². The van der Waals surface area contributed by atoms with Crippen LogP contribution in [0.2, 0.25) is 0 Å². The number of oxazole rings is 1. The molecule has 1 saturated heterocycles. The third-order valence-corrected chi connectivity index (χ3v) is 6.74. The van der Waals surface area contributed by atoms with Crippen LogP contribution >= 0.6 is 0 Å². The van der Waals surface area contributed by atoms with Gasteiger partial charge < -0.3 is 19.4 Å². The highest BCUT2D eigenvalue weighted by Crippen LogP contribution is 2.29. The topological polar surface area (TPSA) is 102 Å². The quantitative estimate of drug-likeness (QED) is 0.589. The third kappa shape index (κ3) is 5.72. The molecule has 1 aromatic heterocycles. The predicted octanol–water partition coefficient (Wildman–Crippen LogP) is 4.48. The van der Waals surface area contributed by atoms with E-state index >= 15 is 0 Å². The zero-order valence-corrected chi connectivity index (χ0v) is 19.3. The summed E-state index contributed by atoms with van der Waals surface area (Å²) in [7, 11) is 0. The Kier molecular flexibility index (Phi) is 7.62. The number of amides is 2. The number of ketones is 1. The molecule has 2 heterocycles. The molecule has 2 atom stereocenters. The molecule has 2 fully saturated rings. The van der Waals surface area contributed by atoms with E-state index in [1.54, 1.807) is 30.0 Å². The van der Waals surface area contributed by atoms with Gasteiger partial charge in [0, 0.05) is 13.1 Å². The lowest BCUT2D eigenvalue weighted by Gasteiger charge is -2.28. The van der Waals surface area contributed by atoms with Crippen molar-refractivity contribution < 1.29 is 23.5 Å². The summed E-state index contributed by atoms with van der Waals surface area (Å²) >= 11 is 0. The minimum absolute atomic E-state index is 0.0461. The molecule has 33 heavy (non-hydrogen) atoms. The van der Waals surface area contributed by atoms with Gasteiger partial charge in [-0.15, -0.1) is 0 Å². The second-order valence-electron chi connectivity index (χ2n) is 9.12. The van der Waals surface area contributed by atoms with Gasteiger partial charge >= 0.3 is 6.09 Å². The number of para-hydroxylation sites is 2. The number of alkyl carbamates (subject to hydrolysis) is 1. The van der Waals surface area contributed by atoms with Crippen LogP contribution in [0.15, 0.2) is 28.7 Å². The van der Waals surface area contributed by atoms with Crippen LogP contribution in [0.1, 0.15) is 75.4 Å². The maximum Gasteiger partial charge on any atom is 0.408 e. The number of likely N-dealkylation sites (tertiary alicyclic amines) is 1. The van der Waals surface area contributed by atoms with Crippen LogP contribution in [-0.2, 0) is 9.53 Å². The molecule has 0 spiro atoms. The molecular formula is C25H33N3O5. The lowest BCUT2D eigenvalue weighted by atomic mass is 9.85. The van der Waals surface area contributed by atoms with Crippen molar-refractivity contribution in [2.75, 3.05) is 13.1 Å². The minimum Gasteiger partial charge on any atom is -0.436 e. The van der Waals surface area contributed by atoms with E-state index in [9.17, 15) is 14.4 Å². The smallest absolute Gasteiger partial charge is 0.408 e. The number of hydrogen-bond donors (Lipinski definition) is 1. The highest BCUT2D eigenvalue weighted by Gasteiger charge is 2.33. The Morgan fingerprint density at radius 3 is 2.55 bits per heavy atom. The molecule has 1 N–H and O–H groups in total. The number of carbonyl (C=O) groups is 3. The number of Topliss-reactive ketones (excluding diaryl/α,β-unsaturated/α-hetero) is 1. The van der Waals surface area contributed by atoms with Crippen molar-refractivity contribution >= 4 is 28.9 Å². The average Bonchev–Trinajstić information content (AvgIpc) is 3.52. The molecule has 1 aliphatic carbocycles. The lowest BCUT2D eigenvalue weighted by Crippen LogP contribution is -2.46. The van der Waals surface area contributed by atoms with Crippen LogP contribution in [0, 0.1) is 5.92 Å². The van der Waals surface area contributed by atoms with Crippen molar-refractivity contribution in [3.05, 3.63) is 30.2 Å². The first-order chi connectivity index (χ1) is 16.0. The molecule has 8 nitrogen and oxygen atoms in total. The number of carbonyl (C=O) groups excluding carboxylic acids is 3. The fraction of sp³-hybridized carbons (Fsp3) is 0.600. The molecule has 1 aliphatic heterocycles. The number of fused-ring (bicyclic) bond motifs is 1. The number of nitrogens with one attached hydrogen (secondary N) is 1. The summed E-state index contributed by atoms with van der Waals surface area (Å²) in [5.41, 5.74) is 1.10. The number of ether oxygens (including phenoxy) is 1. The Balaban J connectivity index is 1.41. The fourth-order valence-electron chi connectivity index (χ4n) is 4.85. The number of aromatic nitrogens is 1. The van der Waals surface area contributed by atoms with Crippen LogP contribution in [-0.4, -0.2) is 52.9 Å². The number of hydrogen-bond acceptors (Lipinski definition) is 6. The van der Waals surface area contributed by atoms with Crippen molar-refractivity contribution in [1.29, 1.82) is 0 Å². The van der Waals surface area contributed by atoms with E-state index in [4.69, 9.17) is 9.15 Å². The molecule has 2 amide bonds. The summed E-state index contributed by atoms with van der Waals surface area (Å²) in [6.07, 6.45) is 6.91. The summed E-state index contributed by atoms with van der Waals surface area (Å²) in [5, 5.41) is 2.64. The Bertz CT molecular complexity index is 942. The van der Waals surface area contributed by atoms with Gasteiger partial charge in [0.2, 0.25) is 5.78 Å². The summed E-state index contributed by atoms with van der Waals surface area (Å²) in [6.45, 7) is 3.21. The van der Waals surface area contributed by atoms with Crippen molar-refractivity contribution in [3.63, 3.8) is 0 Å². The molecule has 8 heteroatoms. The van der Waals surface area contributed by atoms with Crippen LogP contribution in [0.4, 0.5) is 4.79 Å². The molecular weight excluding hydrogens is 422 g/mol. The Morgan fingerprint density at radius 1 is 1.12 bits per heavy atom. The first kappa shape index (κ1) is 23.3. The monoisotopic (exact) mass is 455 g/mol. The maximum atomic E-state index is 13.1. The van der Waals surface area contributed by atoms with E-state index in [2.05, 4.69) is 10.3 Å². The number of benzene rings is 1. The molecule has 0 bridgehead atoms. The highest BCUT2D eigenvalue weighted by atomic mass is 16.6. The van der Waals surface area contributed by atoms with Gasteiger partial charge in [-0.2, -0.15) is 0 Å². The second-order valence-corrected chi connectivity index (χ2v) is 9.12. The Hall–Kier alpha value is -2.90. The summed E-state index contributed by atoms with van der Waals surface area (Å²) in [6, 6.07) is 6.27. The highest BCUT2D eigenvalue weighted by molar-refractivity contribution is 5.99. The maximum absolute atomic E-state index is 13.1. The van der Waals surface area contributed by atoms with Crippen LogP contribution < -0.4 is 5.32 Å². The fourth-order valence-corrected chi connectivity index (χ4v) is 4.85. The van der Waals surface area contributed by atoms with Crippen molar-refractivity contribution in [2.24, 2.45) is 5.92 Å². The summed E-state index contributed by atoms with van der Waals surface area (Å²) in [5.74, 6) is -0.200. The third-order valence-electron chi connectivity index (χ3n) is 6.74. The van der Waals surface area contributed by atoms with Gasteiger partial charge in [-0.25, -0.2) is 9.78 Å². The van der Waals surface area contributed by atoms with E-state index in [1.165, 1.54) is 6.42 Å².